The number of halogens is 1. The molecule has 0 bridgehead atoms. The number of hydrogen-bond donors (Lipinski definition) is 7. The van der Waals surface area contributed by atoms with Crippen LogP contribution in [0.1, 0.15) is 61.6 Å². The standard InChI is InChI=1S/C54H70FN11O11S/c1-34-48(78-33-61-34)36-7-5-35(6-8-36)27-59-52(71)44-25-39(67)31-66(44)53(72)49(54(2,3)4)65-47(68)32-77-24-23-76-22-21-75-20-19-74-18-17-73-16-15-57-51(70)41(55)30-60-50(69)40-29-58-46(26-43(40)62-38-10-11-38)64-45-12-9-37-28-56-14-13-42(37)63-45/h5-9,12-14,26,28-29,33,38-39,41,44,49,67H,10-11,15-25,27,30-32H2,1-4H3,(H,57,70)(H,59,71)(H,60,69)(H,65,68)(H2,58,62,63,64)/t39-,41?,44+,49-/m1/s1. The van der Waals surface area contributed by atoms with Gasteiger partial charge in [-0.2, -0.15) is 0 Å². The SMILES string of the molecule is Cc1ncsc1-c1ccc(CNC(=O)[C@@H]2C[C@@H](O)CN2C(=O)[C@@H](NC(=O)COCCOCCOCCOCCOCCNC(=O)C(F)CNC(=O)c2cnc(Nc3ccc4cnccc4n3)cc2NC2CC2)C(C)(C)C)cc1. The number of carbonyl (C=O) groups excluding carboxylic acids is 5. The van der Waals surface area contributed by atoms with Gasteiger partial charge in [0.25, 0.3) is 11.8 Å². The largest absolute Gasteiger partial charge is 0.391 e. The van der Waals surface area contributed by atoms with Crippen molar-refractivity contribution in [3.63, 3.8) is 0 Å². The van der Waals surface area contributed by atoms with Gasteiger partial charge in [0, 0.05) is 62.1 Å². The Morgan fingerprint density at radius 3 is 2.19 bits per heavy atom. The lowest BCUT2D eigenvalue weighted by molar-refractivity contribution is -0.144. The zero-order valence-corrected chi connectivity index (χ0v) is 45.2. The number of benzene rings is 1. The second-order valence-electron chi connectivity index (χ2n) is 19.8. The molecule has 420 valence electrons. The average Bonchev–Trinajstić information content (AvgIpc) is 4.02. The zero-order valence-electron chi connectivity index (χ0n) is 44.4. The van der Waals surface area contributed by atoms with Crippen molar-refractivity contribution in [3.8, 4) is 10.4 Å². The molecule has 2 aliphatic rings. The van der Waals surface area contributed by atoms with Crippen molar-refractivity contribution < 1.29 is 57.2 Å². The number of nitrogens with one attached hydrogen (secondary N) is 6. The van der Waals surface area contributed by atoms with E-state index in [2.05, 4.69) is 51.8 Å². The Morgan fingerprint density at radius 2 is 1.53 bits per heavy atom. The lowest BCUT2D eigenvalue weighted by atomic mass is 9.85. The van der Waals surface area contributed by atoms with Crippen molar-refractivity contribution in [2.45, 2.75) is 83.9 Å². The van der Waals surface area contributed by atoms with Gasteiger partial charge in [0.1, 0.15) is 30.3 Å². The molecule has 4 atom stereocenters. The van der Waals surface area contributed by atoms with Gasteiger partial charge in [-0.1, -0.05) is 45.0 Å². The van der Waals surface area contributed by atoms with Crippen molar-refractivity contribution in [1.29, 1.82) is 0 Å². The number of amides is 5. The van der Waals surface area contributed by atoms with Crippen LogP contribution in [0.25, 0.3) is 21.3 Å². The van der Waals surface area contributed by atoms with Gasteiger partial charge < -0.3 is 65.6 Å². The first kappa shape index (κ1) is 58.9. The van der Waals surface area contributed by atoms with E-state index in [1.165, 1.54) is 11.1 Å². The molecule has 1 saturated heterocycles. The van der Waals surface area contributed by atoms with Crippen LogP contribution >= 0.6 is 11.3 Å². The maximum absolute atomic E-state index is 14.8. The van der Waals surface area contributed by atoms with Gasteiger partial charge in [-0.15, -0.1) is 11.3 Å². The topological polar surface area (TPSA) is 279 Å². The molecule has 1 aliphatic heterocycles. The number of ether oxygens (including phenoxy) is 5. The molecule has 2 fully saturated rings. The van der Waals surface area contributed by atoms with Crippen LogP contribution in [0.3, 0.4) is 0 Å². The molecule has 7 rings (SSSR count). The van der Waals surface area contributed by atoms with E-state index in [1.54, 1.807) is 47.4 Å². The highest BCUT2D eigenvalue weighted by Crippen LogP contribution is 2.31. The van der Waals surface area contributed by atoms with E-state index in [0.717, 1.165) is 45.4 Å². The van der Waals surface area contributed by atoms with Crippen molar-refractivity contribution in [2.24, 2.45) is 5.41 Å². The molecule has 5 amide bonds. The fourth-order valence-electron chi connectivity index (χ4n) is 8.19. The molecule has 4 aromatic heterocycles. The van der Waals surface area contributed by atoms with E-state index >= 15 is 0 Å². The van der Waals surface area contributed by atoms with E-state index in [9.17, 15) is 33.5 Å². The number of likely N-dealkylation sites (tertiary alicyclic amines) is 1. The number of fused-ring (bicyclic) bond motifs is 1. The molecule has 0 radical (unpaired) electrons. The second-order valence-corrected chi connectivity index (χ2v) is 20.7. The van der Waals surface area contributed by atoms with Crippen LogP contribution in [0, 0.1) is 12.3 Å². The minimum absolute atomic E-state index is 0.0361. The number of thiazole rings is 1. The fraction of sp³-hybridized carbons (Fsp3) is 0.500. The molecule has 24 heteroatoms. The molecule has 0 spiro atoms. The lowest BCUT2D eigenvalue weighted by Gasteiger charge is -2.35. The number of hydrogen-bond acceptors (Lipinski definition) is 18. The first-order valence-electron chi connectivity index (χ1n) is 26.0. The number of carbonyl (C=O) groups is 5. The third-order valence-electron chi connectivity index (χ3n) is 12.5. The summed E-state index contributed by atoms with van der Waals surface area (Å²) in [4.78, 5) is 85.5. The number of alkyl halides is 1. The highest BCUT2D eigenvalue weighted by molar-refractivity contribution is 7.13. The van der Waals surface area contributed by atoms with Gasteiger partial charge in [-0.25, -0.2) is 19.3 Å². The van der Waals surface area contributed by atoms with Crippen LogP contribution in [0.4, 0.5) is 21.7 Å². The molecular weight excluding hydrogens is 1030 g/mol. The number of aromatic nitrogens is 4. The molecule has 1 unspecified atom stereocenters. The molecule has 22 nitrogen and oxygen atoms in total. The summed E-state index contributed by atoms with van der Waals surface area (Å²) in [5.74, 6) is -1.79. The highest BCUT2D eigenvalue weighted by atomic mass is 32.1. The van der Waals surface area contributed by atoms with E-state index in [-0.39, 0.29) is 89.8 Å². The molecule has 7 N–H and O–H groups in total. The Bertz CT molecular complexity index is 2780. The maximum atomic E-state index is 14.8. The maximum Gasteiger partial charge on any atom is 0.256 e. The van der Waals surface area contributed by atoms with Crippen LogP contribution in [-0.2, 0) is 49.4 Å². The smallest absolute Gasteiger partial charge is 0.256 e. The first-order valence-corrected chi connectivity index (χ1v) is 26.9. The Hall–Kier alpha value is -6.80. The summed E-state index contributed by atoms with van der Waals surface area (Å²) in [5, 5.41) is 28.6. The quantitative estimate of drug-likeness (QED) is 0.0311. The van der Waals surface area contributed by atoms with Gasteiger partial charge in [-0.05, 0) is 54.5 Å². The zero-order chi connectivity index (χ0) is 55.4. The molecule has 1 aliphatic carbocycles. The summed E-state index contributed by atoms with van der Waals surface area (Å²) >= 11 is 1.56. The molecule has 5 aromatic rings. The van der Waals surface area contributed by atoms with Crippen molar-refractivity contribution in [2.75, 3.05) is 96.3 Å². The van der Waals surface area contributed by atoms with Crippen molar-refractivity contribution >= 4 is 69.1 Å². The van der Waals surface area contributed by atoms with Crippen LogP contribution in [0.5, 0.6) is 0 Å². The van der Waals surface area contributed by atoms with Gasteiger partial charge in [0.05, 0.1) is 105 Å². The lowest BCUT2D eigenvalue weighted by Crippen LogP contribution is -2.58. The number of nitrogens with zero attached hydrogens (tertiary/aromatic N) is 5. The summed E-state index contributed by atoms with van der Waals surface area (Å²) < 4.78 is 42.3. The Morgan fingerprint density at radius 1 is 0.833 bits per heavy atom. The predicted octanol–water partition coefficient (Wildman–Crippen LogP) is 3.85. The summed E-state index contributed by atoms with van der Waals surface area (Å²) in [6, 6.07) is 13.3. The van der Waals surface area contributed by atoms with E-state index in [0.29, 0.717) is 37.1 Å². The summed E-state index contributed by atoms with van der Waals surface area (Å²) in [7, 11) is 0. The Balaban J connectivity index is 0.678. The second kappa shape index (κ2) is 29.3. The average molecular weight is 1100 g/mol. The number of aryl methyl sites for hydroxylation is 1. The third kappa shape index (κ3) is 18.1. The normalized spacial score (nSPS) is 16.1. The minimum atomic E-state index is -1.98. The van der Waals surface area contributed by atoms with Crippen LogP contribution in [0.2, 0.25) is 0 Å². The van der Waals surface area contributed by atoms with Crippen molar-refractivity contribution in [3.05, 3.63) is 89.5 Å². The molecular formula is C54H70FN11O11S. The molecule has 78 heavy (non-hydrogen) atoms. The molecule has 1 aromatic carbocycles. The first-order chi connectivity index (χ1) is 37.6. The summed E-state index contributed by atoms with van der Waals surface area (Å²) in [6.07, 6.45) is 3.90. The highest BCUT2D eigenvalue weighted by Gasteiger charge is 2.44. The number of aliphatic hydroxyl groups excluding tert-OH is 1. The molecule has 5 heterocycles. The number of pyridine rings is 3. The fourth-order valence-corrected chi connectivity index (χ4v) is 9.00. The van der Waals surface area contributed by atoms with E-state index in [1.807, 2.05) is 58.0 Å². The summed E-state index contributed by atoms with van der Waals surface area (Å²) in [6.45, 7) is 8.94. The minimum Gasteiger partial charge on any atom is -0.391 e. The predicted molar refractivity (Wildman–Crippen MR) is 290 cm³/mol. The summed E-state index contributed by atoms with van der Waals surface area (Å²) in [5.41, 5.74) is 5.46. The Labute approximate surface area is 456 Å². The van der Waals surface area contributed by atoms with Crippen molar-refractivity contribution in [1.82, 2.24) is 46.1 Å². The van der Waals surface area contributed by atoms with Crippen LogP contribution < -0.4 is 31.9 Å². The van der Waals surface area contributed by atoms with Crippen LogP contribution in [0.15, 0.2) is 72.6 Å². The van der Waals surface area contributed by atoms with Gasteiger partial charge >= 0.3 is 0 Å². The number of anilines is 3. The third-order valence-corrected chi connectivity index (χ3v) is 13.5. The number of rotatable bonds is 31. The van der Waals surface area contributed by atoms with E-state index < -0.39 is 59.9 Å². The Kier molecular flexibility index (Phi) is 22.1. The van der Waals surface area contributed by atoms with Gasteiger partial charge in [0.15, 0.2) is 6.17 Å². The monoisotopic (exact) mass is 1100 g/mol. The van der Waals surface area contributed by atoms with Gasteiger partial charge in [-0.3, -0.25) is 29.0 Å². The number of β-amino-alcohol motifs (C(OH)–C–C–N with tert-alkyl or cyclic N) is 1. The molecule has 1 saturated carbocycles. The van der Waals surface area contributed by atoms with Crippen LogP contribution in [-0.4, -0.2) is 176 Å². The van der Waals surface area contributed by atoms with Gasteiger partial charge in [0.2, 0.25) is 17.7 Å². The van der Waals surface area contributed by atoms with E-state index in [4.69, 9.17) is 23.7 Å². The number of aliphatic hydroxyl groups is 1.